The van der Waals surface area contributed by atoms with E-state index < -0.39 is 47.0 Å². The number of benzene rings is 1. The van der Waals surface area contributed by atoms with Gasteiger partial charge in [-0.25, -0.2) is 19.4 Å². The maximum absolute atomic E-state index is 14.8. The number of nitrogens with one attached hydrogen (secondary N) is 1. The van der Waals surface area contributed by atoms with Crippen LogP contribution in [0.2, 0.25) is 5.02 Å². The number of amidine groups is 1. The van der Waals surface area contributed by atoms with Crippen molar-refractivity contribution >= 4 is 29.2 Å². The van der Waals surface area contributed by atoms with Crippen molar-refractivity contribution < 1.29 is 31.8 Å². The number of anilines is 1. The molecule has 2 aromatic rings. The summed E-state index contributed by atoms with van der Waals surface area (Å²) in [6.07, 6.45) is -0.459. The molecule has 0 bridgehead atoms. The van der Waals surface area contributed by atoms with Gasteiger partial charge in [0.1, 0.15) is 11.5 Å². The molecule has 33 heavy (non-hydrogen) atoms. The molecule has 1 amide bonds. The number of hydrogen-bond acceptors (Lipinski definition) is 7. The summed E-state index contributed by atoms with van der Waals surface area (Å²) < 4.78 is 64.2. The van der Waals surface area contributed by atoms with Gasteiger partial charge in [-0.15, -0.1) is 6.42 Å². The molecular formula is C20H16ClF4N5O3. The van der Waals surface area contributed by atoms with Crippen LogP contribution in [-0.2, 0) is 10.3 Å². The number of terminal acetylenes is 1. The number of halogens is 5. The highest BCUT2D eigenvalue weighted by Crippen LogP contribution is 2.42. The molecule has 0 radical (unpaired) electrons. The van der Waals surface area contributed by atoms with E-state index >= 15 is 0 Å². The highest BCUT2D eigenvalue weighted by atomic mass is 35.5. The van der Waals surface area contributed by atoms with Crippen molar-refractivity contribution in [1.82, 2.24) is 9.97 Å². The van der Waals surface area contributed by atoms with Gasteiger partial charge in [-0.2, -0.15) is 13.2 Å². The number of nitrogens with two attached hydrogens (primary N) is 1. The van der Waals surface area contributed by atoms with E-state index in [0.29, 0.717) is 0 Å². The van der Waals surface area contributed by atoms with Crippen LogP contribution in [0.3, 0.4) is 0 Å². The summed E-state index contributed by atoms with van der Waals surface area (Å²) in [4.78, 5) is 24.1. The minimum absolute atomic E-state index is 0.0131. The van der Waals surface area contributed by atoms with Crippen LogP contribution in [0.25, 0.3) is 0 Å². The third-order valence-electron chi connectivity index (χ3n) is 4.60. The second kappa shape index (κ2) is 9.11. The van der Waals surface area contributed by atoms with Gasteiger partial charge in [-0.05, 0) is 19.1 Å². The molecule has 0 aliphatic carbocycles. The van der Waals surface area contributed by atoms with Gasteiger partial charge in [0.2, 0.25) is 5.88 Å². The van der Waals surface area contributed by atoms with Gasteiger partial charge >= 0.3 is 6.18 Å². The molecule has 3 rings (SSSR count). The molecule has 2 atom stereocenters. The third-order valence-corrected chi connectivity index (χ3v) is 4.87. The van der Waals surface area contributed by atoms with Crippen molar-refractivity contribution in [3.05, 3.63) is 46.6 Å². The quantitative estimate of drug-likeness (QED) is 0.496. The Labute approximate surface area is 190 Å². The molecular weight excluding hydrogens is 470 g/mol. The molecule has 0 fully saturated rings. The lowest BCUT2D eigenvalue weighted by Gasteiger charge is -2.36. The Morgan fingerprint density at radius 2 is 2.15 bits per heavy atom. The molecule has 1 aromatic heterocycles. The molecule has 1 aromatic carbocycles. The summed E-state index contributed by atoms with van der Waals surface area (Å²) in [6.45, 7) is 1.21. The Morgan fingerprint density at radius 3 is 2.76 bits per heavy atom. The fourth-order valence-corrected chi connectivity index (χ4v) is 3.31. The van der Waals surface area contributed by atoms with E-state index in [1.54, 1.807) is 0 Å². The van der Waals surface area contributed by atoms with Crippen molar-refractivity contribution in [1.29, 1.82) is 0 Å². The Bertz CT molecular complexity index is 1130. The normalized spacial score (nSPS) is 20.3. The van der Waals surface area contributed by atoms with E-state index in [1.165, 1.54) is 13.1 Å². The average molecular weight is 486 g/mol. The summed E-state index contributed by atoms with van der Waals surface area (Å²) in [6, 6.07) is 1.46. The first kappa shape index (κ1) is 24.1. The largest absolute Gasteiger partial charge is 0.463 e. The Kier molecular flexibility index (Phi) is 6.64. The summed E-state index contributed by atoms with van der Waals surface area (Å²) in [5, 5.41) is 1.99. The van der Waals surface area contributed by atoms with Crippen LogP contribution in [0, 0.1) is 18.2 Å². The molecule has 2 heterocycles. The second-order valence-corrected chi connectivity index (χ2v) is 7.49. The second-order valence-electron chi connectivity index (χ2n) is 7.08. The van der Waals surface area contributed by atoms with Crippen LogP contribution < -0.4 is 15.8 Å². The monoisotopic (exact) mass is 485 g/mol. The fourth-order valence-electron chi connectivity index (χ4n) is 3.09. The fraction of sp³-hybridized carbons (Fsp3) is 0.300. The molecule has 174 valence electrons. The van der Waals surface area contributed by atoms with Gasteiger partial charge in [0.15, 0.2) is 12.7 Å². The highest BCUT2D eigenvalue weighted by molar-refractivity contribution is 6.31. The minimum atomic E-state index is -4.76. The first-order valence-electron chi connectivity index (χ1n) is 9.21. The molecule has 3 N–H and O–H groups in total. The van der Waals surface area contributed by atoms with E-state index in [9.17, 15) is 22.4 Å². The van der Waals surface area contributed by atoms with Crippen molar-refractivity contribution in [2.45, 2.75) is 31.2 Å². The highest BCUT2D eigenvalue weighted by Gasteiger charge is 2.50. The van der Waals surface area contributed by atoms with Crippen molar-refractivity contribution in [2.75, 3.05) is 11.9 Å². The molecule has 8 nitrogen and oxygen atoms in total. The molecule has 0 saturated carbocycles. The van der Waals surface area contributed by atoms with Gasteiger partial charge in [0, 0.05) is 17.7 Å². The SMILES string of the molecule is C#CCOc1cnc(C(=O)Nc2cc(Cl)c(F)c(C3(C)CC(C(F)(F)F)OC(N)=N3)c2)cn1. The molecule has 13 heteroatoms. The lowest BCUT2D eigenvalue weighted by molar-refractivity contribution is -0.208. The van der Waals surface area contributed by atoms with Gasteiger partial charge in [0.05, 0.1) is 23.0 Å². The van der Waals surface area contributed by atoms with E-state index in [1.807, 2.05) is 0 Å². The van der Waals surface area contributed by atoms with E-state index in [0.717, 1.165) is 18.3 Å². The maximum Gasteiger partial charge on any atom is 0.425 e. The number of amides is 1. The number of rotatable bonds is 5. The van der Waals surface area contributed by atoms with Gasteiger partial charge in [-0.3, -0.25) is 4.79 Å². The standard InChI is InChI=1S/C20H16ClF4N5O3/c1-3-4-32-15-9-27-13(8-28-15)17(31)29-10-5-11(16(22)12(21)6-10)19(2)7-14(20(23,24)25)33-18(26)30-19/h1,5-6,8-9,14H,4,7H2,2H3,(H2,26,30)(H,29,31). The van der Waals surface area contributed by atoms with E-state index in [2.05, 4.69) is 30.9 Å². The topological polar surface area (TPSA) is 112 Å². The summed E-state index contributed by atoms with van der Waals surface area (Å²) in [7, 11) is 0. The van der Waals surface area contributed by atoms with Crippen LogP contribution in [-0.4, -0.2) is 40.8 Å². The first-order chi connectivity index (χ1) is 15.4. The van der Waals surface area contributed by atoms with Crippen LogP contribution in [0.1, 0.15) is 29.4 Å². The zero-order valence-corrected chi connectivity index (χ0v) is 17.7. The number of carbonyl (C=O) groups excluding carboxylic acids is 1. The predicted molar refractivity (Wildman–Crippen MR) is 110 cm³/mol. The van der Waals surface area contributed by atoms with Crippen LogP contribution in [0.5, 0.6) is 5.88 Å². The average Bonchev–Trinajstić information content (AvgIpc) is 2.73. The lowest BCUT2D eigenvalue weighted by Crippen LogP contribution is -2.46. The van der Waals surface area contributed by atoms with Crippen molar-refractivity contribution in [3.63, 3.8) is 0 Å². The van der Waals surface area contributed by atoms with Gasteiger partial charge < -0.3 is 20.5 Å². The van der Waals surface area contributed by atoms with Crippen molar-refractivity contribution in [2.24, 2.45) is 10.7 Å². The summed E-state index contributed by atoms with van der Waals surface area (Å²) in [5.74, 6) is 0.591. The number of aliphatic imine (C=N–C) groups is 1. The number of alkyl halides is 3. The van der Waals surface area contributed by atoms with E-state index in [-0.39, 0.29) is 29.4 Å². The molecule has 1 aliphatic rings. The zero-order valence-electron chi connectivity index (χ0n) is 16.9. The smallest absolute Gasteiger partial charge is 0.425 e. The van der Waals surface area contributed by atoms with E-state index in [4.69, 9.17) is 28.5 Å². The van der Waals surface area contributed by atoms with Gasteiger partial charge in [0.25, 0.3) is 11.9 Å². The van der Waals surface area contributed by atoms with Crippen molar-refractivity contribution in [3.8, 4) is 18.2 Å². The molecule has 2 unspecified atom stereocenters. The van der Waals surface area contributed by atoms with Gasteiger partial charge in [-0.1, -0.05) is 17.5 Å². The Balaban J connectivity index is 1.89. The Hall–Kier alpha value is -3.59. The lowest BCUT2D eigenvalue weighted by atomic mass is 9.85. The number of ether oxygens (including phenoxy) is 2. The molecule has 0 spiro atoms. The van der Waals surface area contributed by atoms with Crippen LogP contribution in [0.15, 0.2) is 29.5 Å². The summed E-state index contributed by atoms with van der Waals surface area (Å²) >= 11 is 5.94. The molecule has 0 saturated heterocycles. The zero-order chi connectivity index (χ0) is 24.4. The predicted octanol–water partition coefficient (Wildman–Crippen LogP) is 3.41. The minimum Gasteiger partial charge on any atom is -0.463 e. The number of aromatic nitrogens is 2. The first-order valence-corrected chi connectivity index (χ1v) is 9.58. The van der Waals surface area contributed by atoms with Crippen LogP contribution >= 0.6 is 11.6 Å². The van der Waals surface area contributed by atoms with Crippen LogP contribution in [0.4, 0.5) is 23.2 Å². The maximum atomic E-state index is 14.8. The third kappa shape index (κ3) is 5.43. The number of carbonyl (C=O) groups is 1. The number of nitrogens with zero attached hydrogens (tertiary/aromatic N) is 3. The number of hydrogen-bond donors (Lipinski definition) is 2. The molecule has 1 aliphatic heterocycles. The Morgan fingerprint density at radius 1 is 1.42 bits per heavy atom. The summed E-state index contributed by atoms with van der Waals surface area (Å²) in [5.41, 5.74) is 3.21.